The van der Waals surface area contributed by atoms with Crippen LogP contribution in [-0.2, 0) is 9.59 Å². The summed E-state index contributed by atoms with van der Waals surface area (Å²) in [6.07, 6.45) is 5.53. The number of hydrazine groups is 1. The van der Waals surface area contributed by atoms with E-state index in [1.54, 1.807) is 18.3 Å². The van der Waals surface area contributed by atoms with Crippen molar-refractivity contribution in [3.05, 3.63) is 11.8 Å². The number of nitriles is 1. The lowest BCUT2D eigenvalue weighted by molar-refractivity contribution is -0.128. The summed E-state index contributed by atoms with van der Waals surface area (Å²) in [6.45, 7) is 0. The summed E-state index contributed by atoms with van der Waals surface area (Å²) in [5.74, 6) is -3.26. The third kappa shape index (κ3) is 4.39. The van der Waals surface area contributed by atoms with Crippen molar-refractivity contribution in [1.82, 2.24) is 20.7 Å². The van der Waals surface area contributed by atoms with Crippen LogP contribution in [0.15, 0.2) is 11.8 Å². The number of hydrogen-bond donors (Lipinski definition) is 3. The van der Waals surface area contributed by atoms with E-state index in [1.165, 1.54) is 0 Å². The first-order chi connectivity index (χ1) is 14.6. The number of halogens is 2. The third-order valence-corrected chi connectivity index (χ3v) is 7.15. The van der Waals surface area contributed by atoms with Crippen LogP contribution < -0.4 is 16.4 Å². The predicted molar refractivity (Wildman–Crippen MR) is 108 cm³/mol. The first-order valence-corrected chi connectivity index (χ1v) is 11.0. The number of nitrogens with zero attached hydrogens (tertiary/aromatic N) is 3. The normalized spacial score (nSPS) is 33.4. The van der Waals surface area contributed by atoms with Crippen molar-refractivity contribution in [3.63, 3.8) is 0 Å². The highest BCUT2D eigenvalue weighted by molar-refractivity contribution is 5.94. The van der Waals surface area contributed by atoms with Crippen LogP contribution in [0.1, 0.15) is 57.8 Å². The maximum absolute atomic E-state index is 13.1. The van der Waals surface area contributed by atoms with E-state index in [9.17, 15) is 23.6 Å². The number of nitrogens with two attached hydrogens (primary N) is 1. The molecule has 4 N–H and O–H groups in total. The zero-order valence-corrected chi connectivity index (χ0v) is 17.7. The number of alkyl halides is 2. The summed E-state index contributed by atoms with van der Waals surface area (Å²) >= 11 is 0. The van der Waals surface area contributed by atoms with Gasteiger partial charge in [-0.05, 0) is 38.5 Å². The Hall–Kier alpha value is -2.25. The average Bonchev–Trinajstić information content (AvgIpc) is 3.48. The summed E-state index contributed by atoms with van der Waals surface area (Å²) < 4.78 is 26.3. The van der Waals surface area contributed by atoms with Crippen molar-refractivity contribution in [1.29, 1.82) is 5.26 Å². The molecule has 1 heterocycles. The van der Waals surface area contributed by atoms with Crippen molar-refractivity contribution in [2.24, 2.45) is 11.7 Å². The topological polar surface area (TPSA) is 114 Å². The van der Waals surface area contributed by atoms with Crippen LogP contribution in [0.2, 0.25) is 0 Å². The van der Waals surface area contributed by atoms with Crippen molar-refractivity contribution in [2.75, 3.05) is 7.05 Å². The lowest BCUT2D eigenvalue weighted by Gasteiger charge is -2.49. The van der Waals surface area contributed by atoms with Crippen molar-refractivity contribution >= 4 is 11.8 Å². The fraction of sp³-hybridized carbons (Fsp3) is 0.762. The van der Waals surface area contributed by atoms with Crippen LogP contribution in [-0.4, -0.2) is 58.6 Å². The number of carbonyl (C=O) groups excluding carboxylic acids is 2. The van der Waals surface area contributed by atoms with E-state index in [0.717, 1.165) is 25.7 Å². The van der Waals surface area contributed by atoms with Crippen molar-refractivity contribution in [3.8, 4) is 6.07 Å². The van der Waals surface area contributed by atoms with Gasteiger partial charge < -0.3 is 21.4 Å². The molecule has 31 heavy (non-hydrogen) atoms. The molecule has 3 saturated carbocycles. The zero-order chi connectivity index (χ0) is 22.4. The fourth-order valence-electron chi connectivity index (χ4n) is 5.13. The monoisotopic (exact) mass is 436 g/mol. The summed E-state index contributed by atoms with van der Waals surface area (Å²) in [5.41, 5.74) is 5.36. The minimum Gasteiger partial charge on any atom is -0.366 e. The van der Waals surface area contributed by atoms with Gasteiger partial charge >= 0.3 is 0 Å². The molecule has 1 atom stereocenters. The van der Waals surface area contributed by atoms with E-state index < -0.39 is 23.5 Å². The minimum atomic E-state index is -2.55. The minimum absolute atomic E-state index is 0.00922. The maximum atomic E-state index is 13.1. The molecule has 10 heteroatoms. The van der Waals surface area contributed by atoms with Gasteiger partial charge in [0.1, 0.15) is 6.17 Å². The Kier molecular flexibility index (Phi) is 5.68. The van der Waals surface area contributed by atoms with E-state index in [0.29, 0.717) is 18.4 Å². The van der Waals surface area contributed by atoms with Gasteiger partial charge in [-0.2, -0.15) is 10.3 Å². The fourth-order valence-corrected chi connectivity index (χ4v) is 5.13. The molecule has 2 amide bonds. The van der Waals surface area contributed by atoms with Crippen LogP contribution in [0, 0.1) is 17.2 Å². The van der Waals surface area contributed by atoms with Gasteiger partial charge in [-0.1, -0.05) is 0 Å². The van der Waals surface area contributed by atoms with Crippen LogP contribution in [0.5, 0.6) is 0 Å². The number of hydrogen-bond acceptors (Lipinski definition) is 6. The molecule has 0 spiro atoms. The van der Waals surface area contributed by atoms with Gasteiger partial charge in [0.05, 0.1) is 23.6 Å². The van der Waals surface area contributed by atoms with Crippen LogP contribution in [0.25, 0.3) is 0 Å². The van der Waals surface area contributed by atoms with E-state index in [4.69, 9.17) is 5.73 Å². The number of likely N-dealkylation sites (N-methyl/N-ethyl adjacent to an activating group) is 1. The van der Waals surface area contributed by atoms with E-state index in [1.807, 2.05) is 5.01 Å². The second-order valence-electron chi connectivity index (χ2n) is 9.51. The zero-order valence-electron chi connectivity index (χ0n) is 17.7. The maximum Gasteiger partial charge on any atom is 0.251 e. The SMILES string of the molecule is CN1C(NC(=O)C2CC2)C(C(N)=O)=CN1C1(CC#N)CCC(NC2CC(F)(F)C2)CC1. The summed E-state index contributed by atoms with van der Waals surface area (Å²) in [7, 11) is 1.78. The molecule has 0 aromatic heterocycles. The molecule has 4 rings (SSSR count). The van der Waals surface area contributed by atoms with Crippen molar-refractivity contribution < 1.29 is 18.4 Å². The Balaban J connectivity index is 1.45. The molecule has 0 radical (unpaired) electrons. The van der Waals surface area contributed by atoms with Crippen molar-refractivity contribution in [2.45, 2.75) is 87.5 Å². The summed E-state index contributed by atoms with van der Waals surface area (Å²) in [4.78, 5) is 24.4. The van der Waals surface area contributed by atoms with E-state index in [-0.39, 0.29) is 43.2 Å². The summed E-state index contributed by atoms with van der Waals surface area (Å²) in [5, 5.41) is 19.5. The Morgan fingerprint density at radius 1 is 1.23 bits per heavy atom. The molecule has 0 saturated heterocycles. The highest BCUT2D eigenvalue weighted by atomic mass is 19.3. The Labute approximate surface area is 180 Å². The molecule has 3 fully saturated rings. The molecular weight excluding hydrogens is 406 g/mol. The van der Waals surface area contributed by atoms with Gasteiger partial charge in [-0.25, -0.2) is 8.78 Å². The Morgan fingerprint density at radius 2 is 1.87 bits per heavy atom. The first-order valence-electron chi connectivity index (χ1n) is 11.0. The number of carbonyl (C=O) groups is 2. The van der Waals surface area contributed by atoms with Gasteiger partial charge in [0, 0.05) is 44.1 Å². The largest absolute Gasteiger partial charge is 0.366 e. The molecule has 8 nitrogen and oxygen atoms in total. The number of nitrogens with one attached hydrogen (secondary N) is 2. The van der Waals surface area contributed by atoms with Crippen LogP contribution in [0.4, 0.5) is 8.78 Å². The number of primary amides is 1. The standard InChI is InChI=1S/C21H30F2N6O2/c1-28-18(27-19(31)13-2-3-13)16(17(25)30)12-29(28)20(8-9-24)6-4-14(5-7-20)26-15-10-21(22,23)11-15/h12-15,18,26H,2-8,10-11H2,1H3,(H2,25,30)(H,27,31). The second-order valence-corrected chi connectivity index (χ2v) is 9.51. The molecule has 0 aromatic rings. The highest BCUT2D eigenvalue weighted by Crippen LogP contribution is 2.43. The first kappa shape index (κ1) is 22.0. The molecular formula is C21H30F2N6O2. The smallest absolute Gasteiger partial charge is 0.251 e. The lowest BCUT2D eigenvalue weighted by atomic mass is 9.76. The molecule has 170 valence electrons. The number of amides is 2. The molecule has 0 aromatic carbocycles. The second kappa shape index (κ2) is 8.02. The molecule has 1 aliphatic heterocycles. The third-order valence-electron chi connectivity index (χ3n) is 7.15. The van der Waals surface area contributed by atoms with Gasteiger partial charge in [-0.3, -0.25) is 9.59 Å². The van der Waals surface area contributed by atoms with Crippen LogP contribution in [0.3, 0.4) is 0 Å². The number of rotatable bonds is 7. The quantitative estimate of drug-likeness (QED) is 0.555. The van der Waals surface area contributed by atoms with Gasteiger partial charge in [0.15, 0.2) is 0 Å². The Bertz CT molecular complexity index is 805. The molecule has 4 aliphatic rings. The van der Waals surface area contributed by atoms with Crippen LogP contribution >= 0.6 is 0 Å². The van der Waals surface area contributed by atoms with Gasteiger partial charge in [0.2, 0.25) is 11.8 Å². The molecule has 1 unspecified atom stereocenters. The molecule has 3 aliphatic carbocycles. The average molecular weight is 437 g/mol. The lowest BCUT2D eigenvalue weighted by Crippen LogP contribution is -2.60. The molecule has 0 bridgehead atoms. The summed E-state index contributed by atoms with van der Waals surface area (Å²) in [6, 6.07) is 2.25. The van der Waals surface area contributed by atoms with Gasteiger partial charge in [-0.15, -0.1) is 0 Å². The Morgan fingerprint density at radius 3 is 2.39 bits per heavy atom. The van der Waals surface area contributed by atoms with E-state index in [2.05, 4.69) is 16.7 Å². The van der Waals surface area contributed by atoms with Gasteiger partial charge in [0.25, 0.3) is 5.92 Å². The predicted octanol–water partition coefficient (Wildman–Crippen LogP) is 1.35. The van der Waals surface area contributed by atoms with E-state index >= 15 is 0 Å². The highest BCUT2D eigenvalue weighted by Gasteiger charge is 2.49.